The third kappa shape index (κ3) is 6.98. The summed E-state index contributed by atoms with van der Waals surface area (Å²) < 4.78 is 276. The number of methoxy groups -OCH3 is 3. The number of nitrogens with one attached hydrogen (secondary N) is 1. The number of rotatable bonds is 8. The molecule has 67 heavy (non-hydrogen) atoms. The maximum atomic E-state index is 16.2. The van der Waals surface area contributed by atoms with Crippen LogP contribution in [0.5, 0.6) is 17.2 Å². The van der Waals surface area contributed by atoms with Crippen LogP contribution in [-0.2, 0) is 20.2 Å². The summed E-state index contributed by atoms with van der Waals surface area (Å²) in [6.45, 7) is 0. The van der Waals surface area contributed by atoms with Crippen LogP contribution in [0, 0.1) is 69.8 Å². The standard InChI is InChI=1S/C40H18F12N4O9S2/c1-63-38-30(47)24(41)21(25(42)31(38)48)18-10-4-5-12(53-10)19(22-26(43)32(49)39(64-2)33(50)27(22)44)14-8-16(66(57,58)59)36(55-14)15-9-17(67(60,61)62)37(56-15)20(13-7-6-11(18)54-13)23-28(45)34(51)40(65-3)35(52)29(23)46/h4-9,55H,1-3H3,(H,57,58,59)(H,60,61,62). The van der Waals surface area contributed by atoms with Crippen molar-refractivity contribution in [2.24, 2.45) is 15.0 Å². The number of allylic oxidation sites excluding steroid dienone is 7. The van der Waals surface area contributed by atoms with Crippen molar-refractivity contribution in [2.45, 2.75) is 4.90 Å². The van der Waals surface area contributed by atoms with Crippen molar-refractivity contribution < 1.29 is 92.8 Å². The first-order valence-corrected chi connectivity index (χ1v) is 20.7. The first-order chi connectivity index (χ1) is 31.4. The lowest BCUT2D eigenvalue weighted by Crippen LogP contribution is -2.13. The van der Waals surface area contributed by atoms with Crippen molar-refractivity contribution in [3.8, 4) is 17.2 Å². The number of aliphatic imine (C=N–C) groups is 3. The van der Waals surface area contributed by atoms with E-state index in [2.05, 4.69) is 34.2 Å². The number of H-pyrrole nitrogens is 1. The lowest BCUT2D eigenvalue weighted by molar-refractivity contribution is 0.331. The molecule has 3 aromatic carbocycles. The maximum absolute atomic E-state index is 16.2. The molecule has 0 aliphatic carbocycles. The molecule has 4 aliphatic heterocycles. The minimum atomic E-state index is -5.88. The third-order valence-corrected chi connectivity index (χ3v) is 11.9. The van der Waals surface area contributed by atoms with Crippen LogP contribution in [0.3, 0.4) is 0 Å². The molecular formula is C40H18F12N4O9S2. The van der Waals surface area contributed by atoms with E-state index in [1.165, 1.54) is 0 Å². The molecule has 8 bridgehead atoms. The molecule has 0 saturated carbocycles. The molecular weight excluding hydrogens is 973 g/mol. The van der Waals surface area contributed by atoms with E-state index in [0.29, 0.717) is 51.7 Å². The highest BCUT2D eigenvalue weighted by Crippen LogP contribution is 2.46. The number of aromatic nitrogens is 1. The Hall–Kier alpha value is -7.23. The zero-order chi connectivity index (χ0) is 49.1. The van der Waals surface area contributed by atoms with E-state index in [-0.39, 0.29) is 6.08 Å². The van der Waals surface area contributed by atoms with Crippen LogP contribution in [0.1, 0.15) is 28.1 Å². The molecule has 5 heterocycles. The summed E-state index contributed by atoms with van der Waals surface area (Å²) in [6, 6.07) is 0.293. The van der Waals surface area contributed by atoms with Gasteiger partial charge in [0.2, 0.25) is 34.9 Å². The number of aromatic amines is 1. The Kier molecular flexibility index (Phi) is 11.0. The van der Waals surface area contributed by atoms with Gasteiger partial charge in [0.25, 0.3) is 20.2 Å². The van der Waals surface area contributed by atoms with Gasteiger partial charge in [-0.15, -0.1) is 0 Å². The molecule has 4 aromatic rings. The summed E-state index contributed by atoms with van der Waals surface area (Å²) in [5.41, 5.74) is -18.2. The van der Waals surface area contributed by atoms with Gasteiger partial charge < -0.3 is 19.2 Å². The Balaban J connectivity index is 1.65. The lowest BCUT2D eigenvalue weighted by atomic mass is 9.96. The first kappa shape index (κ1) is 46.3. The van der Waals surface area contributed by atoms with E-state index >= 15 is 52.7 Å². The third-order valence-electron chi connectivity index (χ3n) is 10.2. The summed E-state index contributed by atoms with van der Waals surface area (Å²) in [5, 5.41) is 0. The van der Waals surface area contributed by atoms with E-state index in [1.807, 2.05) is 0 Å². The summed E-state index contributed by atoms with van der Waals surface area (Å²) in [7, 11) is -9.82. The van der Waals surface area contributed by atoms with Crippen LogP contribution in [0.25, 0.3) is 16.7 Å². The highest BCUT2D eigenvalue weighted by Gasteiger charge is 2.41. The highest BCUT2D eigenvalue weighted by atomic mass is 32.2. The number of hydrogen-bond donors (Lipinski definition) is 3. The van der Waals surface area contributed by atoms with Crippen LogP contribution < -0.4 is 14.2 Å². The van der Waals surface area contributed by atoms with Gasteiger partial charge in [0, 0.05) is 16.7 Å². The van der Waals surface area contributed by atoms with E-state index in [0.717, 1.165) is 0 Å². The molecule has 27 heteroatoms. The highest BCUT2D eigenvalue weighted by molar-refractivity contribution is 7.90. The normalized spacial score (nSPS) is 15.8. The smallest absolute Gasteiger partial charge is 0.296 e. The van der Waals surface area contributed by atoms with Gasteiger partial charge in [-0.05, 0) is 36.4 Å². The molecule has 4 aliphatic rings. The minimum Gasteiger partial charge on any atom is -0.491 e. The van der Waals surface area contributed by atoms with Crippen molar-refractivity contribution in [2.75, 3.05) is 21.3 Å². The van der Waals surface area contributed by atoms with Gasteiger partial charge in [0.05, 0.1) is 83.6 Å². The summed E-state index contributed by atoms with van der Waals surface area (Å²) >= 11 is 0. The number of benzene rings is 3. The van der Waals surface area contributed by atoms with Gasteiger partial charge in [-0.2, -0.15) is 43.2 Å². The molecule has 8 rings (SSSR count). The topological polar surface area (TPSA) is 189 Å². The molecule has 3 N–H and O–H groups in total. The lowest BCUT2D eigenvalue weighted by Gasteiger charge is -2.16. The number of hydrogen-bond acceptors (Lipinski definition) is 10. The largest absolute Gasteiger partial charge is 0.491 e. The van der Waals surface area contributed by atoms with E-state index in [1.54, 1.807) is 0 Å². The Morgan fingerprint density at radius 3 is 1.24 bits per heavy atom. The van der Waals surface area contributed by atoms with Gasteiger partial charge >= 0.3 is 0 Å². The van der Waals surface area contributed by atoms with Crippen molar-refractivity contribution in [3.05, 3.63) is 156 Å². The monoisotopic (exact) mass is 990 g/mol. The Morgan fingerprint density at radius 1 is 0.478 bits per heavy atom. The van der Waals surface area contributed by atoms with Gasteiger partial charge in [0.1, 0.15) is 9.80 Å². The fraction of sp³-hybridized carbons (Fsp3) is 0.0750. The van der Waals surface area contributed by atoms with Crippen LogP contribution in [0.2, 0.25) is 0 Å². The van der Waals surface area contributed by atoms with Crippen LogP contribution in [-0.4, -0.2) is 69.4 Å². The molecule has 0 atom stereocenters. The minimum absolute atomic E-state index is 0.231. The van der Waals surface area contributed by atoms with E-state index in [4.69, 9.17) is 0 Å². The zero-order valence-corrected chi connectivity index (χ0v) is 34.5. The van der Waals surface area contributed by atoms with Gasteiger partial charge in [-0.1, -0.05) is 0 Å². The van der Waals surface area contributed by atoms with Crippen LogP contribution >= 0.6 is 0 Å². The molecule has 0 radical (unpaired) electrons. The van der Waals surface area contributed by atoms with Gasteiger partial charge in [-0.3, -0.25) is 9.11 Å². The fourth-order valence-electron chi connectivity index (χ4n) is 7.34. The average Bonchev–Trinajstić information content (AvgIpc) is 4.10. The number of halogens is 12. The summed E-state index contributed by atoms with van der Waals surface area (Å²) in [6.07, 6.45) is 2.82. The van der Waals surface area contributed by atoms with Crippen molar-refractivity contribution in [1.29, 1.82) is 0 Å². The molecule has 0 unspecified atom stereocenters. The van der Waals surface area contributed by atoms with Crippen LogP contribution in [0.4, 0.5) is 52.7 Å². The maximum Gasteiger partial charge on any atom is 0.296 e. The molecule has 1 aromatic heterocycles. The molecule has 348 valence electrons. The second kappa shape index (κ2) is 16.0. The fourth-order valence-corrected chi connectivity index (χ4v) is 8.67. The summed E-state index contributed by atoms with van der Waals surface area (Å²) in [4.78, 5) is 11.0. The van der Waals surface area contributed by atoms with Crippen molar-refractivity contribution >= 4 is 54.1 Å². The molecule has 0 saturated heterocycles. The number of ether oxygens (including phenoxy) is 3. The number of nitrogens with zero attached hydrogens (tertiary/aromatic N) is 3. The summed E-state index contributed by atoms with van der Waals surface area (Å²) in [5.74, 6) is -32.4. The Bertz CT molecular complexity index is 3470. The SMILES string of the molecule is COc1c(F)c(F)c(C2=C3C=CC(=N3)C(c3c(F)c(F)c(OC)c(F)c3F)=C3N=C(C=C3S(=O)(=O)O)c3[nH]c(cc3S(=O)(=O)O)C(c3c(F)c(F)c(OC)c(F)c3F)=C3C=CC2=N3)c(F)c1F. The Morgan fingerprint density at radius 2 is 0.851 bits per heavy atom. The van der Waals surface area contributed by atoms with Crippen molar-refractivity contribution in [1.82, 2.24) is 4.98 Å². The Labute approximate surface area is 365 Å². The van der Waals surface area contributed by atoms with E-state index < -0.39 is 196 Å². The van der Waals surface area contributed by atoms with Gasteiger partial charge in [-0.25, -0.2) is 41.3 Å². The molecule has 13 nitrogen and oxygen atoms in total. The second-order valence-electron chi connectivity index (χ2n) is 13.8. The first-order valence-electron chi connectivity index (χ1n) is 17.9. The predicted octanol–water partition coefficient (Wildman–Crippen LogP) is 8.15. The quantitative estimate of drug-likeness (QED) is 0.0889. The van der Waals surface area contributed by atoms with Crippen molar-refractivity contribution in [3.63, 3.8) is 0 Å². The van der Waals surface area contributed by atoms with Crippen LogP contribution in [0.15, 0.2) is 78.3 Å². The number of fused-ring (bicyclic) bond motifs is 6. The predicted molar refractivity (Wildman–Crippen MR) is 208 cm³/mol. The molecule has 0 amide bonds. The second-order valence-corrected chi connectivity index (χ2v) is 16.6. The molecule has 0 fully saturated rings. The zero-order valence-electron chi connectivity index (χ0n) is 32.9. The van der Waals surface area contributed by atoms with E-state index in [9.17, 15) is 25.9 Å². The average molecular weight is 991 g/mol. The molecule has 0 spiro atoms. The van der Waals surface area contributed by atoms with Gasteiger partial charge in [0.15, 0.2) is 52.2 Å².